The summed E-state index contributed by atoms with van der Waals surface area (Å²) in [4.78, 5) is 33.2. The SMILES string of the molecule is Cc1ccc(F)cc1-c1ccc(-c2nc3ccc(CNCCC(=O)OC(=O)C(F)CNCc4ccc5nc(-c6ccc(-c7ccccc7F)c(C(F)(F)F)c6)oc5c4)cc3o2)cc1C(F)(F)F. The van der Waals surface area contributed by atoms with Gasteiger partial charge in [-0.05, 0) is 107 Å². The quantitative estimate of drug-likeness (QED) is 0.0475. The van der Waals surface area contributed by atoms with Gasteiger partial charge in [-0.25, -0.2) is 27.9 Å². The minimum absolute atomic E-state index is 0.00391. The zero-order valence-corrected chi connectivity index (χ0v) is 34.9. The van der Waals surface area contributed by atoms with E-state index in [1.807, 2.05) is 0 Å². The minimum atomic E-state index is -4.82. The molecule has 67 heavy (non-hydrogen) atoms. The van der Waals surface area contributed by atoms with Crippen LogP contribution in [0.5, 0.6) is 0 Å². The Labute approximate surface area is 374 Å². The van der Waals surface area contributed by atoms with E-state index < -0.39 is 59.8 Å². The Balaban J connectivity index is 0.804. The second kappa shape index (κ2) is 18.9. The van der Waals surface area contributed by atoms with Gasteiger partial charge in [0.2, 0.25) is 18.0 Å². The smallest absolute Gasteiger partial charge is 0.417 e. The molecule has 6 aromatic carbocycles. The van der Waals surface area contributed by atoms with Gasteiger partial charge in [0.1, 0.15) is 22.7 Å². The molecule has 0 saturated carbocycles. The molecule has 0 spiro atoms. The zero-order chi connectivity index (χ0) is 47.6. The number of hydrogen-bond acceptors (Lipinski definition) is 9. The number of alkyl halides is 7. The zero-order valence-electron chi connectivity index (χ0n) is 34.9. The normalized spacial score (nSPS) is 12.5. The molecule has 0 saturated heterocycles. The first kappa shape index (κ1) is 46.2. The molecule has 0 fully saturated rings. The summed E-state index contributed by atoms with van der Waals surface area (Å²) in [6.07, 6.45) is -12.1. The molecule has 9 nitrogen and oxygen atoms in total. The fraction of sp³-hybridized carbons (Fsp3) is 0.184. The summed E-state index contributed by atoms with van der Waals surface area (Å²) >= 11 is 0. The van der Waals surface area contributed by atoms with Crippen molar-refractivity contribution in [2.24, 2.45) is 0 Å². The lowest BCUT2D eigenvalue weighted by Gasteiger charge is -2.15. The molecule has 2 heterocycles. The van der Waals surface area contributed by atoms with Crippen molar-refractivity contribution in [1.82, 2.24) is 20.6 Å². The summed E-state index contributed by atoms with van der Waals surface area (Å²) < 4.78 is 144. The van der Waals surface area contributed by atoms with E-state index in [2.05, 4.69) is 25.3 Å². The number of fused-ring (bicyclic) bond motifs is 2. The van der Waals surface area contributed by atoms with Gasteiger partial charge < -0.3 is 24.2 Å². The van der Waals surface area contributed by atoms with Gasteiger partial charge in [-0.3, -0.25) is 4.79 Å². The van der Waals surface area contributed by atoms with Crippen LogP contribution in [0.3, 0.4) is 0 Å². The minimum Gasteiger partial charge on any atom is -0.436 e. The Morgan fingerprint density at radius 2 is 1.19 bits per heavy atom. The fourth-order valence-corrected chi connectivity index (χ4v) is 7.34. The Kier molecular flexibility index (Phi) is 13.0. The van der Waals surface area contributed by atoms with Crippen molar-refractivity contribution in [2.45, 2.75) is 45.0 Å². The van der Waals surface area contributed by atoms with Gasteiger partial charge in [0.15, 0.2) is 11.2 Å². The summed E-state index contributed by atoms with van der Waals surface area (Å²) in [6, 6.07) is 25.3. The van der Waals surface area contributed by atoms with Gasteiger partial charge in [0.25, 0.3) is 0 Å². The third-order valence-corrected chi connectivity index (χ3v) is 10.7. The fourth-order valence-electron chi connectivity index (χ4n) is 7.34. The molecule has 0 aliphatic rings. The van der Waals surface area contributed by atoms with Crippen LogP contribution in [0.4, 0.5) is 39.5 Å². The van der Waals surface area contributed by atoms with Crippen molar-refractivity contribution in [3.05, 3.63) is 155 Å². The number of aryl methyl sites for hydroxylation is 1. The molecule has 2 N–H and O–H groups in total. The van der Waals surface area contributed by atoms with Crippen LogP contribution in [0, 0.1) is 18.6 Å². The van der Waals surface area contributed by atoms with E-state index >= 15 is 0 Å². The lowest BCUT2D eigenvalue weighted by Crippen LogP contribution is -2.33. The van der Waals surface area contributed by atoms with E-state index in [1.165, 1.54) is 54.6 Å². The third-order valence-electron chi connectivity index (χ3n) is 10.7. The van der Waals surface area contributed by atoms with E-state index in [0.717, 1.165) is 30.3 Å². The molecule has 0 radical (unpaired) electrons. The van der Waals surface area contributed by atoms with Gasteiger partial charge >= 0.3 is 24.3 Å². The van der Waals surface area contributed by atoms with Crippen LogP contribution in [0.25, 0.3) is 67.4 Å². The van der Waals surface area contributed by atoms with Crippen molar-refractivity contribution < 1.29 is 62.7 Å². The van der Waals surface area contributed by atoms with Crippen molar-refractivity contribution in [3.8, 4) is 45.2 Å². The van der Waals surface area contributed by atoms with Crippen molar-refractivity contribution in [2.75, 3.05) is 13.1 Å². The Hall–Kier alpha value is -7.31. The molecular weight excluding hydrogens is 896 g/mol. The Morgan fingerprint density at radius 1 is 0.642 bits per heavy atom. The third kappa shape index (κ3) is 10.6. The molecule has 0 aliphatic heterocycles. The summed E-state index contributed by atoms with van der Waals surface area (Å²) in [5.74, 6) is -4.05. The van der Waals surface area contributed by atoms with Crippen LogP contribution in [-0.2, 0) is 39.8 Å². The number of nitrogens with zero attached hydrogens (tertiary/aromatic N) is 2. The second-order valence-corrected chi connectivity index (χ2v) is 15.4. The van der Waals surface area contributed by atoms with Gasteiger partial charge in [0.05, 0.1) is 17.5 Å². The predicted molar refractivity (Wildman–Crippen MR) is 228 cm³/mol. The molecule has 1 unspecified atom stereocenters. The largest absolute Gasteiger partial charge is 0.436 e. The number of carbonyl (C=O) groups is 2. The highest BCUT2D eigenvalue weighted by Crippen LogP contribution is 2.42. The summed E-state index contributed by atoms with van der Waals surface area (Å²) in [5.41, 5.74) is 0.228. The summed E-state index contributed by atoms with van der Waals surface area (Å²) in [5, 5.41) is 5.72. The van der Waals surface area contributed by atoms with Crippen molar-refractivity contribution in [1.29, 1.82) is 0 Å². The Bertz CT molecular complexity index is 3140. The number of esters is 2. The maximum atomic E-state index is 14.7. The molecular formula is C49H35F9N4O5. The van der Waals surface area contributed by atoms with Crippen LogP contribution in [0.15, 0.2) is 124 Å². The van der Waals surface area contributed by atoms with Crippen LogP contribution in [-0.4, -0.2) is 41.2 Å². The van der Waals surface area contributed by atoms with Crippen LogP contribution in [0.2, 0.25) is 0 Å². The average Bonchev–Trinajstić information content (AvgIpc) is 3.92. The second-order valence-electron chi connectivity index (χ2n) is 15.4. The first-order valence-electron chi connectivity index (χ1n) is 20.4. The molecule has 1 atom stereocenters. The van der Waals surface area contributed by atoms with E-state index in [1.54, 1.807) is 37.3 Å². The number of ether oxygens (including phenoxy) is 1. The first-order chi connectivity index (χ1) is 31.9. The van der Waals surface area contributed by atoms with Crippen molar-refractivity contribution in [3.63, 3.8) is 0 Å². The summed E-state index contributed by atoms with van der Waals surface area (Å²) in [6.45, 7) is 1.33. The van der Waals surface area contributed by atoms with Gasteiger partial charge in [-0.15, -0.1) is 0 Å². The molecule has 0 bridgehead atoms. The highest BCUT2D eigenvalue weighted by atomic mass is 19.4. The topological polar surface area (TPSA) is 119 Å². The molecule has 18 heteroatoms. The maximum absolute atomic E-state index is 14.7. The average molecular weight is 931 g/mol. The lowest BCUT2D eigenvalue weighted by atomic mass is 9.94. The molecule has 2 aromatic heterocycles. The highest BCUT2D eigenvalue weighted by Gasteiger charge is 2.36. The summed E-state index contributed by atoms with van der Waals surface area (Å²) in [7, 11) is 0. The van der Waals surface area contributed by atoms with Gasteiger partial charge in [-0.2, -0.15) is 26.3 Å². The molecule has 344 valence electrons. The lowest BCUT2D eigenvalue weighted by molar-refractivity contribution is -0.163. The van der Waals surface area contributed by atoms with E-state index in [-0.39, 0.29) is 82.4 Å². The standard InChI is InChI=1S/C49H35F9N4O5/c1-26-6-11-31(50)22-35(26)33-13-10-30(21-37(33)49(56,57)58)46-61-40-14-7-27(18-42(40)65-46)23-59-17-16-44(63)67-47(64)39(52)25-60-24-28-8-15-41-43(19-28)66-45(62-41)29-9-12-32(36(20-29)48(53,54)55)34-4-2-3-5-38(34)51/h2-15,18-22,39,59-60H,16-17,23-25H2,1H3. The van der Waals surface area contributed by atoms with Gasteiger partial charge in [-0.1, -0.05) is 48.5 Å². The van der Waals surface area contributed by atoms with E-state index in [0.29, 0.717) is 27.7 Å². The van der Waals surface area contributed by atoms with Crippen molar-refractivity contribution >= 4 is 34.1 Å². The van der Waals surface area contributed by atoms with E-state index in [9.17, 15) is 49.1 Å². The maximum Gasteiger partial charge on any atom is 0.417 e. The van der Waals surface area contributed by atoms with Crippen LogP contribution in [0.1, 0.15) is 34.2 Å². The van der Waals surface area contributed by atoms with Gasteiger partial charge in [0, 0.05) is 42.9 Å². The molecule has 8 rings (SSSR count). The Morgan fingerprint density at radius 3 is 1.76 bits per heavy atom. The number of oxazole rings is 2. The predicted octanol–water partition coefficient (Wildman–Crippen LogP) is 11.9. The number of carbonyl (C=O) groups excluding carboxylic acids is 2. The number of aromatic nitrogens is 2. The molecule has 8 aromatic rings. The molecule has 0 aliphatic carbocycles. The van der Waals surface area contributed by atoms with Crippen LogP contribution >= 0.6 is 0 Å². The number of hydrogen-bond donors (Lipinski definition) is 2. The highest BCUT2D eigenvalue weighted by molar-refractivity contribution is 5.88. The van der Waals surface area contributed by atoms with E-state index in [4.69, 9.17) is 8.83 Å². The number of halogens is 9. The molecule has 0 amide bonds. The van der Waals surface area contributed by atoms with Crippen LogP contribution < -0.4 is 10.6 Å². The number of rotatable bonds is 14. The monoisotopic (exact) mass is 930 g/mol. The first-order valence-corrected chi connectivity index (χ1v) is 20.4. The number of nitrogens with one attached hydrogen (secondary N) is 2. The number of benzene rings is 6.